The maximum atomic E-state index is 10.7. The van der Waals surface area contributed by atoms with E-state index in [4.69, 9.17) is 4.74 Å². The van der Waals surface area contributed by atoms with Gasteiger partial charge in [0, 0.05) is 0 Å². The van der Waals surface area contributed by atoms with Gasteiger partial charge in [0.15, 0.2) is 0 Å². The molecular formula is C7H11NO2. The third-order valence-electron chi connectivity index (χ3n) is 1.30. The minimum atomic E-state index is -0.348. The van der Waals surface area contributed by atoms with Crippen LogP contribution in [0.4, 0.5) is 0 Å². The van der Waals surface area contributed by atoms with E-state index in [2.05, 4.69) is 11.9 Å². The number of nitrogens with one attached hydrogen (secondary N) is 1. The van der Waals surface area contributed by atoms with Crippen LogP contribution in [0.25, 0.3) is 0 Å². The van der Waals surface area contributed by atoms with Crippen LogP contribution >= 0.6 is 0 Å². The summed E-state index contributed by atoms with van der Waals surface area (Å²) >= 11 is 0. The number of hydrogen-bond acceptors (Lipinski definition) is 3. The molecule has 0 aliphatic carbocycles. The maximum Gasteiger partial charge on any atom is 0.353 e. The van der Waals surface area contributed by atoms with Gasteiger partial charge in [-0.15, -0.1) is 0 Å². The fourth-order valence-electron chi connectivity index (χ4n) is 0.829. The van der Waals surface area contributed by atoms with Crippen molar-refractivity contribution in [2.75, 3.05) is 6.61 Å². The molecule has 1 heterocycles. The zero-order valence-electron chi connectivity index (χ0n) is 6.23. The summed E-state index contributed by atoms with van der Waals surface area (Å²) in [6.45, 7) is 7.81. The van der Waals surface area contributed by atoms with E-state index in [9.17, 15) is 4.79 Å². The number of cyclic esters (lactones) is 1. The van der Waals surface area contributed by atoms with Gasteiger partial charge in [-0.05, 0) is 13.8 Å². The van der Waals surface area contributed by atoms with Gasteiger partial charge in [0.25, 0.3) is 0 Å². The van der Waals surface area contributed by atoms with Crippen molar-refractivity contribution in [3.05, 3.63) is 12.3 Å². The van der Waals surface area contributed by atoms with E-state index in [1.807, 2.05) is 13.8 Å². The highest BCUT2D eigenvalue weighted by Crippen LogP contribution is 2.11. The highest BCUT2D eigenvalue weighted by molar-refractivity contribution is 5.87. The van der Waals surface area contributed by atoms with E-state index in [1.54, 1.807) is 0 Å². The van der Waals surface area contributed by atoms with Crippen molar-refractivity contribution >= 4 is 5.97 Å². The van der Waals surface area contributed by atoms with Gasteiger partial charge in [-0.2, -0.15) is 0 Å². The summed E-state index contributed by atoms with van der Waals surface area (Å²) in [5, 5.41) is 2.94. The third kappa shape index (κ3) is 1.29. The first-order chi connectivity index (χ1) is 4.51. The standard InChI is InChI=1S/C7H11NO2/c1-5-6(9)10-4-7(2,3)8-5/h8H,1,4H2,2-3H3. The zero-order valence-corrected chi connectivity index (χ0v) is 6.23. The average Bonchev–Trinajstić information content (AvgIpc) is 1.79. The SMILES string of the molecule is C=C1NC(C)(C)COC1=O. The van der Waals surface area contributed by atoms with Crippen LogP contribution in [-0.2, 0) is 9.53 Å². The quantitative estimate of drug-likeness (QED) is 0.392. The van der Waals surface area contributed by atoms with Gasteiger partial charge in [0.2, 0.25) is 0 Å². The Labute approximate surface area is 60.1 Å². The summed E-state index contributed by atoms with van der Waals surface area (Å²) in [5.74, 6) is -0.348. The fourth-order valence-corrected chi connectivity index (χ4v) is 0.829. The van der Waals surface area contributed by atoms with Crippen LogP contribution < -0.4 is 5.32 Å². The fraction of sp³-hybridized carbons (Fsp3) is 0.571. The lowest BCUT2D eigenvalue weighted by Crippen LogP contribution is -2.49. The highest BCUT2D eigenvalue weighted by Gasteiger charge is 2.28. The van der Waals surface area contributed by atoms with Crippen LogP contribution in [0.3, 0.4) is 0 Å². The Morgan fingerprint density at radius 2 is 2.30 bits per heavy atom. The predicted molar refractivity (Wildman–Crippen MR) is 37.3 cm³/mol. The first-order valence-corrected chi connectivity index (χ1v) is 3.15. The number of morpholine rings is 1. The van der Waals surface area contributed by atoms with Crippen molar-refractivity contribution in [2.24, 2.45) is 0 Å². The van der Waals surface area contributed by atoms with Crippen LogP contribution in [0.1, 0.15) is 13.8 Å². The summed E-state index contributed by atoms with van der Waals surface area (Å²) in [6, 6.07) is 0. The largest absolute Gasteiger partial charge is 0.459 e. The lowest BCUT2D eigenvalue weighted by molar-refractivity contribution is -0.144. The number of rotatable bonds is 0. The molecule has 1 aliphatic rings. The number of carbonyl (C=O) groups is 1. The van der Waals surface area contributed by atoms with E-state index in [1.165, 1.54) is 0 Å². The number of hydrogen-bond donors (Lipinski definition) is 1. The van der Waals surface area contributed by atoms with Crippen molar-refractivity contribution in [3.8, 4) is 0 Å². The molecular weight excluding hydrogens is 130 g/mol. The molecule has 1 aliphatic heterocycles. The van der Waals surface area contributed by atoms with Gasteiger partial charge in [0.1, 0.15) is 12.3 Å². The molecule has 0 aromatic carbocycles. The molecule has 0 unspecified atom stereocenters. The first kappa shape index (κ1) is 7.12. The summed E-state index contributed by atoms with van der Waals surface area (Å²) in [5.41, 5.74) is 0.182. The molecule has 10 heavy (non-hydrogen) atoms. The topological polar surface area (TPSA) is 38.3 Å². The molecule has 0 saturated carbocycles. The molecule has 0 spiro atoms. The second-order valence-corrected chi connectivity index (χ2v) is 3.06. The lowest BCUT2D eigenvalue weighted by Gasteiger charge is -2.31. The monoisotopic (exact) mass is 141 g/mol. The number of carbonyl (C=O) groups excluding carboxylic acids is 1. The molecule has 0 radical (unpaired) electrons. The zero-order chi connectivity index (χ0) is 7.78. The van der Waals surface area contributed by atoms with E-state index in [-0.39, 0.29) is 11.5 Å². The minimum Gasteiger partial charge on any atom is -0.459 e. The Morgan fingerprint density at radius 1 is 1.70 bits per heavy atom. The average molecular weight is 141 g/mol. The molecule has 3 heteroatoms. The third-order valence-corrected chi connectivity index (χ3v) is 1.30. The molecule has 56 valence electrons. The molecule has 0 amide bonds. The van der Waals surface area contributed by atoms with Crippen LogP contribution in [0, 0.1) is 0 Å². The van der Waals surface area contributed by atoms with E-state index < -0.39 is 0 Å². The van der Waals surface area contributed by atoms with Gasteiger partial charge in [-0.1, -0.05) is 6.58 Å². The lowest BCUT2D eigenvalue weighted by atomic mass is 10.1. The smallest absolute Gasteiger partial charge is 0.353 e. The number of esters is 1. The second-order valence-electron chi connectivity index (χ2n) is 3.06. The van der Waals surface area contributed by atoms with Gasteiger partial charge in [-0.25, -0.2) is 4.79 Å². The van der Waals surface area contributed by atoms with Crippen molar-refractivity contribution in [1.82, 2.24) is 5.32 Å². The Bertz CT molecular complexity index is 184. The van der Waals surface area contributed by atoms with Gasteiger partial charge >= 0.3 is 5.97 Å². The van der Waals surface area contributed by atoms with Gasteiger partial charge in [0.05, 0.1) is 5.54 Å². The first-order valence-electron chi connectivity index (χ1n) is 3.15. The molecule has 3 nitrogen and oxygen atoms in total. The summed E-state index contributed by atoms with van der Waals surface area (Å²) in [4.78, 5) is 10.7. The van der Waals surface area contributed by atoms with E-state index >= 15 is 0 Å². The highest BCUT2D eigenvalue weighted by atomic mass is 16.5. The van der Waals surface area contributed by atoms with Crippen LogP contribution in [-0.4, -0.2) is 18.1 Å². The molecule has 1 N–H and O–H groups in total. The molecule has 1 saturated heterocycles. The van der Waals surface area contributed by atoms with Crippen molar-refractivity contribution in [3.63, 3.8) is 0 Å². The Hall–Kier alpha value is -0.990. The molecule has 0 bridgehead atoms. The maximum absolute atomic E-state index is 10.7. The Kier molecular flexibility index (Phi) is 1.43. The van der Waals surface area contributed by atoms with Gasteiger partial charge < -0.3 is 10.1 Å². The van der Waals surface area contributed by atoms with E-state index in [0.29, 0.717) is 12.3 Å². The summed E-state index contributed by atoms with van der Waals surface area (Å²) in [6.07, 6.45) is 0. The van der Waals surface area contributed by atoms with Crippen LogP contribution in [0.5, 0.6) is 0 Å². The Balaban J connectivity index is 2.66. The molecule has 1 rings (SSSR count). The van der Waals surface area contributed by atoms with Crippen LogP contribution in [0.15, 0.2) is 12.3 Å². The Morgan fingerprint density at radius 3 is 2.70 bits per heavy atom. The predicted octanol–water partition coefficient (Wildman–Crippen LogP) is 0.425. The minimum absolute atomic E-state index is 0.162. The molecule has 0 atom stereocenters. The van der Waals surface area contributed by atoms with Crippen LogP contribution in [0.2, 0.25) is 0 Å². The van der Waals surface area contributed by atoms with Crippen molar-refractivity contribution in [2.45, 2.75) is 19.4 Å². The summed E-state index contributed by atoms with van der Waals surface area (Å²) in [7, 11) is 0. The molecule has 0 aromatic heterocycles. The molecule has 1 fully saturated rings. The second kappa shape index (κ2) is 2.01. The van der Waals surface area contributed by atoms with E-state index in [0.717, 1.165) is 0 Å². The summed E-state index contributed by atoms with van der Waals surface area (Å²) < 4.78 is 4.80. The van der Waals surface area contributed by atoms with Crippen molar-refractivity contribution < 1.29 is 9.53 Å². The normalized spacial score (nSPS) is 23.4. The molecule has 0 aromatic rings. The van der Waals surface area contributed by atoms with Crippen molar-refractivity contribution in [1.29, 1.82) is 0 Å². The number of ether oxygens (including phenoxy) is 1. The van der Waals surface area contributed by atoms with Gasteiger partial charge in [-0.3, -0.25) is 0 Å².